The maximum Gasteiger partial charge on any atom is 0.0471 e. The summed E-state index contributed by atoms with van der Waals surface area (Å²) < 4.78 is 0. The SMILES string of the molecule is Nc1ccc(CC(N)c2ccccc2CCO)cc1. The van der Waals surface area contributed by atoms with E-state index in [-0.39, 0.29) is 12.6 Å². The van der Waals surface area contributed by atoms with Crippen molar-refractivity contribution in [2.75, 3.05) is 12.3 Å². The van der Waals surface area contributed by atoms with Crippen LogP contribution in [0.5, 0.6) is 0 Å². The van der Waals surface area contributed by atoms with Crippen LogP contribution in [0.15, 0.2) is 48.5 Å². The smallest absolute Gasteiger partial charge is 0.0471 e. The number of hydrogen-bond donors (Lipinski definition) is 3. The summed E-state index contributed by atoms with van der Waals surface area (Å²) >= 11 is 0. The maximum absolute atomic E-state index is 9.09. The minimum atomic E-state index is -0.0635. The minimum Gasteiger partial charge on any atom is -0.399 e. The fourth-order valence-electron chi connectivity index (χ4n) is 2.26. The van der Waals surface area contributed by atoms with Crippen LogP contribution in [-0.2, 0) is 12.8 Å². The Hall–Kier alpha value is -1.84. The average molecular weight is 256 g/mol. The lowest BCUT2D eigenvalue weighted by molar-refractivity contribution is 0.299. The van der Waals surface area contributed by atoms with Crippen LogP contribution < -0.4 is 11.5 Å². The monoisotopic (exact) mass is 256 g/mol. The topological polar surface area (TPSA) is 72.3 Å². The van der Waals surface area contributed by atoms with Crippen LogP contribution in [-0.4, -0.2) is 11.7 Å². The van der Waals surface area contributed by atoms with E-state index in [0.29, 0.717) is 6.42 Å². The number of anilines is 1. The van der Waals surface area contributed by atoms with Crippen molar-refractivity contribution in [2.45, 2.75) is 18.9 Å². The number of nitrogen functional groups attached to an aromatic ring is 1. The molecule has 0 spiro atoms. The van der Waals surface area contributed by atoms with Crippen molar-refractivity contribution < 1.29 is 5.11 Å². The first kappa shape index (κ1) is 13.6. The zero-order valence-electron chi connectivity index (χ0n) is 10.9. The summed E-state index contributed by atoms with van der Waals surface area (Å²) in [5, 5.41) is 9.09. The molecule has 19 heavy (non-hydrogen) atoms. The number of benzene rings is 2. The molecule has 0 heterocycles. The number of aliphatic hydroxyl groups is 1. The van der Waals surface area contributed by atoms with Crippen molar-refractivity contribution in [1.82, 2.24) is 0 Å². The van der Waals surface area contributed by atoms with Crippen LogP contribution in [0.4, 0.5) is 5.69 Å². The minimum absolute atomic E-state index is 0.0635. The molecule has 0 saturated carbocycles. The summed E-state index contributed by atoms with van der Waals surface area (Å²) in [6.45, 7) is 0.144. The van der Waals surface area contributed by atoms with Gasteiger partial charge in [0, 0.05) is 18.3 Å². The van der Waals surface area contributed by atoms with Crippen LogP contribution in [0.25, 0.3) is 0 Å². The van der Waals surface area contributed by atoms with E-state index in [1.807, 2.05) is 48.5 Å². The predicted molar refractivity (Wildman–Crippen MR) is 78.7 cm³/mol. The zero-order chi connectivity index (χ0) is 13.7. The van der Waals surface area contributed by atoms with Crippen molar-refractivity contribution in [3.05, 3.63) is 65.2 Å². The van der Waals surface area contributed by atoms with E-state index < -0.39 is 0 Å². The zero-order valence-corrected chi connectivity index (χ0v) is 10.9. The highest BCUT2D eigenvalue weighted by Crippen LogP contribution is 2.21. The molecule has 0 aliphatic carbocycles. The molecule has 2 aromatic rings. The lowest BCUT2D eigenvalue weighted by Crippen LogP contribution is -2.16. The second-order valence-corrected chi connectivity index (χ2v) is 4.72. The van der Waals surface area contributed by atoms with Crippen LogP contribution in [0.1, 0.15) is 22.7 Å². The quantitative estimate of drug-likeness (QED) is 0.717. The van der Waals surface area contributed by atoms with Crippen LogP contribution in [0.3, 0.4) is 0 Å². The van der Waals surface area contributed by atoms with Crippen molar-refractivity contribution in [3.63, 3.8) is 0 Å². The number of rotatable bonds is 5. The summed E-state index contributed by atoms with van der Waals surface area (Å²) in [6.07, 6.45) is 1.41. The molecule has 0 aliphatic heterocycles. The van der Waals surface area contributed by atoms with Gasteiger partial charge in [-0.15, -0.1) is 0 Å². The standard InChI is InChI=1S/C16H20N2O/c17-14-7-5-12(6-8-14)11-16(18)15-4-2-1-3-13(15)9-10-19/h1-8,16,19H,9-11,17-18H2. The van der Waals surface area contributed by atoms with E-state index in [1.165, 1.54) is 5.56 Å². The number of hydrogen-bond acceptors (Lipinski definition) is 3. The van der Waals surface area contributed by atoms with Gasteiger partial charge in [0.05, 0.1) is 0 Å². The van der Waals surface area contributed by atoms with Gasteiger partial charge in [0.15, 0.2) is 0 Å². The van der Waals surface area contributed by atoms with Gasteiger partial charge in [-0.1, -0.05) is 36.4 Å². The van der Waals surface area contributed by atoms with Crippen LogP contribution in [0, 0.1) is 0 Å². The molecule has 100 valence electrons. The number of aliphatic hydroxyl groups excluding tert-OH is 1. The number of nitrogens with two attached hydrogens (primary N) is 2. The summed E-state index contributed by atoms with van der Waals surface area (Å²) in [5.41, 5.74) is 16.1. The summed E-state index contributed by atoms with van der Waals surface area (Å²) in [6, 6.07) is 15.7. The first-order valence-electron chi connectivity index (χ1n) is 6.49. The lowest BCUT2D eigenvalue weighted by Gasteiger charge is -2.16. The van der Waals surface area contributed by atoms with E-state index in [4.69, 9.17) is 16.6 Å². The van der Waals surface area contributed by atoms with E-state index in [1.54, 1.807) is 0 Å². The Morgan fingerprint density at radius 3 is 2.37 bits per heavy atom. The summed E-state index contributed by atoms with van der Waals surface area (Å²) in [7, 11) is 0. The molecule has 0 bridgehead atoms. The van der Waals surface area contributed by atoms with Crippen molar-refractivity contribution in [3.8, 4) is 0 Å². The molecule has 3 heteroatoms. The third-order valence-electron chi connectivity index (χ3n) is 3.27. The molecule has 1 atom stereocenters. The first-order chi connectivity index (χ1) is 9.20. The van der Waals surface area contributed by atoms with Crippen molar-refractivity contribution in [1.29, 1.82) is 0 Å². The highest BCUT2D eigenvalue weighted by Gasteiger charge is 2.11. The Balaban J connectivity index is 2.15. The molecule has 2 aromatic carbocycles. The van der Waals surface area contributed by atoms with Crippen molar-refractivity contribution in [2.24, 2.45) is 5.73 Å². The molecule has 5 N–H and O–H groups in total. The normalized spacial score (nSPS) is 12.3. The van der Waals surface area contributed by atoms with Gasteiger partial charge >= 0.3 is 0 Å². The molecule has 0 amide bonds. The summed E-state index contributed by atoms with van der Waals surface area (Å²) in [4.78, 5) is 0. The van der Waals surface area contributed by atoms with E-state index in [2.05, 4.69) is 0 Å². The van der Waals surface area contributed by atoms with Gasteiger partial charge in [0.1, 0.15) is 0 Å². The van der Waals surface area contributed by atoms with Gasteiger partial charge < -0.3 is 16.6 Å². The molecule has 3 nitrogen and oxygen atoms in total. The Morgan fingerprint density at radius 1 is 1.00 bits per heavy atom. The van der Waals surface area contributed by atoms with Gasteiger partial charge in [-0.2, -0.15) is 0 Å². The molecule has 2 rings (SSSR count). The molecule has 0 aliphatic rings. The van der Waals surface area contributed by atoms with Gasteiger partial charge in [0.2, 0.25) is 0 Å². The second-order valence-electron chi connectivity index (χ2n) is 4.72. The van der Waals surface area contributed by atoms with Gasteiger partial charge in [0.25, 0.3) is 0 Å². The van der Waals surface area contributed by atoms with Gasteiger partial charge in [-0.05, 0) is 41.7 Å². The molecular formula is C16H20N2O. The third kappa shape index (κ3) is 3.56. The first-order valence-corrected chi connectivity index (χ1v) is 6.49. The molecule has 0 aromatic heterocycles. The Morgan fingerprint density at radius 2 is 1.68 bits per heavy atom. The Labute approximate surface area is 113 Å². The second kappa shape index (κ2) is 6.36. The highest BCUT2D eigenvalue weighted by molar-refractivity contribution is 5.40. The summed E-state index contributed by atoms with van der Waals surface area (Å²) in [5.74, 6) is 0. The maximum atomic E-state index is 9.09. The van der Waals surface area contributed by atoms with E-state index in [0.717, 1.165) is 23.2 Å². The Bertz CT molecular complexity index is 523. The van der Waals surface area contributed by atoms with E-state index >= 15 is 0 Å². The van der Waals surface area contributed by atoms with Crippen LogP contribution in [0.2, 0.25) is 0 Å². The van der Waals surface area contributed by atoms with Crippen molar-refractivity contribution >= 4 is 5.69 Å². The lowest BCUT2D eigenvalue weighted by atomic mass is 9.94. The van der Waals surface area contributed by atoms with Gasteiger partial charge in [-0.25, -0.2) is 0 Å². The highest BCUT2D eigenvalue weighted by atomic mass is 16.2. The third-order valence-corrected chi connectivity index (χ3v) is 3.27. The predicted octanol–water partition coefficient (Wildman–Crippen LogP) is 2.05. The van der Waals surface area contributed by atoms with E-state index in [9.17, 15) is 0 Å². The molecular weight excluding hydrogens is 236 g/mol. The Kier molecular flexibility index (Phi) is 4.55. The molecule has 1 unspecified atom stereocenters. The average Bonchev–Trinajstić information content (AvgIpc) is 2.42. The molecule has 0 saturated heterocycles. The molecule has 0 radical (unpaired) electrons. The largest absolute Gasteiger partial charge is 0.399 e. The fourth-order valence-corrected chi connectivity index (χ4v) is 2.26. The fraction of sp³-hybridized carbons (Fsp3) is 0.250. The molecule has 0 fully saturated rings. The van der Waals surface area contributed by atoms with Crippen LogP contribution >= 0.6 is 0 Å². The van der Waals surface area contributed by atoms with Gasteiger partial charge in [-0.3, -0.25) is 0 Å².